The summed E-state index contributed by atoms with van der Waals surface area (Å²) in [6, 6.07) is 10.8. The third-order valence-corrected chi connectivity index (χ3v) is 3.37. The molecule has 0 amide bonds. The van der Waals surface area contributed by atoms with Crippen molar-refractivity contribution in [1.82, 2.24) is 4.98 Å². The average Bonchev–Trinajstić information content (AvgIpc) is 2.96. The van der Waals surface area contributed by atoms with Crippen molar-refractivity contribution in [2.24, 2.45) is 4.99 Å². The number of rotatable bonds is 2. The molecule has 6 nitrogen and oxygen atoms in total. The summed E-state index contributed by atoms with van der Waals surface area (Å²) in [5.41, 5.74) is 1.53. The molecule has 0 radical (unpaired) electrons. The summed E-state index contributed by atoms with van der Waals surface area (Å²) in [5.74, 6) is 1.07. The first kappa shape index (κ1) is 13.5. The van der Waals surface area contributed by atoms with Crippen molar-refractivity contribution in [3.05, 3.63) is 59.5 Å². The minimum atomic E-state index is -0.499. The van der Waals surface area contributed by atoms with E-state index in [1.807, 2.05) is 18.2 Å². The Morgan fingerprint density at radius 3 is 2.74 bits per heavy atom. The molecule has 1 aromatic carbocycles. The zero-order valence-electron chi connectivity index (χ0n) is 12.1. The lowest BCUT2D eigenvalue weighted by Gasteiger charge is -2.18. The van der Waals surface area contributed by atoms with Gasteiger partial charge in [-0.05, 0) is 35.9 Å². The van der Waals surface area contributed by atoms with Gasteiger partial charge < -0.3 is 14.2 Å². The number of benzene rings is 1. The SMILES string of the molecule is O=C1OC(c2ccccn2)=N/C1=C/c1ccc2c(c1)OCCO2. The van der Waals surface area contributed by atoms with Gasteiger partial charge in [-0.1, -0.05) is 12.1 Å². The van der Waals surface area contributed by atoms with Gasteiger partial charge in [-0.25, -0.2) is 9.79 Å². The van der Waals surface area contributed by atoms with Crippen LogP contribution in [-0.2, 0) is 9.53 Å². The van der Waals surface area contributed by atoms with Gasteiger partial charge in [-0.2, -0.15) is 0 Å². The van der Waals surface area contributed by atoms with Crippen molar-refractivity contribution in [3.63, 3.8) is 0 Å². The molecule has 3 heterocycles. The number of nitrogens with zero attached hydrogens (tertiary/aromatic N) is 2. The second-order valence-corrected chi connectivity index (χ2v) is 4.95. The summed E-state index contributed by atoms with van der Waals surface area (Å²) in [7, 11) is 0. The maximum atomic E-state index is 12.0. The summed E-state index contributed by atoms with van der Waals surface area (Å²) in [6.45, 7) is 1.05. The number of fused-ring (bicyclic) bond motifs is 1. The van der Waals surface area contributed by atoms with Crippen molar-refractivity contribution in [2.75, 3.05) is 13.2 Å². The molecule has 0 aliphatic carbocycles. The molecule has 0 fully saturated rings. The van der Waals surface area contributed by atoms with Crippen LogP contribution in [0.2, 0.25) is 0 Å². The van der Waals surface area contributed by atoms with Crippen molar-refractivity contribution in [2.45, 2.75) is 0 Å². The summed E-state index contributed by atoms with van der Waals surface area (Å²) < 4.78 is 16.2. The molecular weight excluding hydrogens is 296 g/mol. The molecule has 0 atom stereocenters. The number of hydrogen-bond acceptors (Lipinski definition) is 6. The van der Waals surface area contributed by atoms with Gasteiger partial charge >= 0.3 is 5.97 Å². The first-order chi connectivity index (χ1) is 11.3. The first-order valence-electron chi connectivity index (χ1n) is 7.13. The average molecular weight is 308 g/mol. The second kappa shape index (κ2) is 5.57. The number of carbonyl (C=O) groups excluding carboxylic acids is 1. The molecule has 114 valence electrons. The van der Waals surface area contributed by atoms with Crippen LogP contribution in [0.4, 0.5) is 0 Å². The number of aromatic nitrogens is 1. The van der Waals surface area contributed by atoms with Crippen LogP contribution in [0, 0.1) is 0 Å². The van der Waals surface area contributed by atoms with Crippen molar-refractivity contribution in [1.29, 1.82) is 0 Å². The van der Waals surface area contributed by atoms with E-state index in [2.05, 4.69) is 9.98 Å². The number of ether oxygens (including phenoxy) is 3. The van der Waals surface area contributed by atoms with Gasteiger partial charge in [0, 0.05) is 6.20 Å². The van der Waals surface area contributed by atoms with E-state index < -0.39 is 5.97 Å². The van der Waals surface area contributed by atoms with Crippen LogP contribution in [0.5, 0.6) is 11.5 Å². The fourth-order valence-corrected chi connectivity index (χ4v) is 2.32. The predicted octanol–water partition coefficient (Wildman–Crippen LogP) is 2.20. The summed E-state index contributed by atoms with van der Waals surface area (Å²) in [5, 5.41) is 0. The van der Waals surface area contributed by atoms with E-state index in [0.29, 0.717) is 30.4 Å². The number of pyridine rings is 1. The lowest BCUT2D eigenvalue weighted by molar-refractivity contribution is -0.129. The fourth-order valence-electron chi connectivity index (χ4n) is 2.32. The molecule has 2 aliphatic rings. The van der Waals surface area contributed by atoms with Crippen LogP contribution in [0.15, 0.2) is 53.3 Å². The van der Waals surface area contributed by atoms with Gasteiger partial charge in [0.2, 0.25) is 5.90 Å². The number of cyclic esters (lactones) is 1. The number of aliphatic imine (C=N–C) groups is 1. The molecule has 0 unspecified atom stereocenters. The molecule has 0 saturated heterocycles. The van der Waals surface area contributed by atoms with Gasteiger partial charge in [-0.15, -0.1) is 0 Å². The molecule has 0 bridgehead atoms. The maximum Gasteiger partial charge on any atom is 0.363 e. The van der Waals surface area contributed by atoms with E-state index >= 15 is 0 Å². The Bertz CT molecular complexity index is 828. The Balaban J connectivity index is 1.66. The van der Waals surface area contributed by atoms with Crippen LogP contribution in [0.1, 0.15) is 11.3 Å². The number of hydrogen-bond donors (Lipinski definition) is 0. The zero-order chi connectivity index (χ0) is 15.6. The third-order valence-electron chi connectivity index (χ3n) is 3.37. The van der Waals surface area contributed by atoms with E-state index in [9.17, 15) is 4.79 Å². The summed E-state index contributed by atoms with van der Waals surface area (Å²) >= 11 is 0. The molecule has 23 heavy (non-hydrogen) atoms. The van der Waals surface area contributed by atoms with Crippen LogP contribution in [-0.4, -0.2) is 30.1 Å². The highest BCUT2D eigenvalue weighted by atomic mass is 16.6. The minimum Gasteiger partial charge on any atom is -0.486 e. The van der Waals surface area contributed by atoms with E-state index in [4.69, 9.17) is 14.2 Å². The van der Waals surface area contributed by atoms with Gasteiger partial charge in [0.05, 0.1) is 0 Å². The van der Waals surface area contributed by atoms with Crippen LogP contribution < -0.4 is 9.47 Å². The normalized spacial score (nSPS) is 17.8. The molecule has 0 spiro atoms. The van der Waals surface area contributed by atoms with Crippen LogP contribution >= 0.6 is 0 Å². The highest BCUT2D eigenvalue weighted by molar-refractivity contribution is 6.12. The Morgan fingerprint density at radius 2 is 1.91 bits per heavy atom. The van der Waals surface area contributed by atoms with Gasteiger partial charge in [0.25, 0.3) is 0 Å². The molecule has 6 heteroatoms. The second-order valence-electron chi connectivity index (χ2n) is 4.95. The Morgan fingerprint density at radius 1 is 1.04 bits per heavy atom. The van der Waals surface area contributed by atoms with Crippen LogP contribution in [0.25, 0.3) is 6.08 Å². The van der Waals surface area contributed by atoms with Gasteiger partial charge in [0.1, 0.15) is 18.9 Å². The number of carbonyl (C=O) groups is 1. The van der Waals surface area contributed by atoms with E-state index in [1.165, 1.54) is 0 Å². The lowest BCUT2D eigenvalue weighted by Crippen LogP contribution is -2.15. The highest BCUT2D eigenvalue weighted by Crippen LogP contribution is 2.31. The molecule has 2 aliphatic heterocycles. The highest BCUT2D eigenvalue weighted by Gasteiger charge is 2.25. The fraction of sp³-hybridized carbons (Fsp3) is 0.118. The van der Waals surface area contributed by atoms with E-state index in [1.54, 1.807) is 30.5 Å². The monoisotopic (exact) mass is 308 g/mol. The lowest BCUT2D eigenvalue weighted by atomic mass is 10.1. The molecule has 1 aromatic heterocycles. The Labute approximate surface area is 132 Å². The van der Waals surface area contributed by atoms with Gasteiger partial charge in [0.15, 0.2) is 17.2 Å². The minimum absolute atomic E-state index is 0.208. The van der Waals surface area contributed by atoms with E-state index in [-0.39, 0.29) is 11.6 Å². The van der Waals surface area contributed by atoms with Gasteiger partial charge in [-0.3, -0.25) is 4.98 Å². The first-order valence-corrected chi connectivity index (χ1v) is 7.13. The van der Waals surface area contributed by atoms with E-state index in [0.717, 1.165) is 5.56 Å². The molecule has 0 saturated carbocycles. The molecule has 0 N–H and O–H groups in total. The largest absolute Gasteiger partial charge is 0.486 e. The molecule has 4 rings (SSSR count). The smallest absolute Gasteiger partial charge is 0.363 e. The summed E-state index contributed by atoms with van der Waals surface area (Å²) in [4.78, 5) is 20.3. The molecular formula is C17H12N2O4. The standard InChI is InChI=1S/C17H12N2O4/c20-17-13(19-16(23-17)12-3-1-2-6-18-12)9-11-4-5-14-15(10-11)22-8-7-21-14/h1-6,9-10H,7-8H2/b13-9+. The number of esters is 1. The van der Waals surface area contributed by atoms with Crippen molar-refractivity contribution < 1.29 is 19.0 Å². The molecule has 2 aromatic rings. The van der Waals surface area contributed by atoms with Crippen molar-refractivity contribution in [3.8, 4) is 11.5 Å². The third kappa shape index (κ3) is 2.66. The zero-order valence-corrected chi connectivity index (χ0v) is 12.1. The maximum absolute atomic E-state index is 12.0. The summed E-state index contributed by atoms with van der Waals surface area (Å²) in [6.07, 6.45) is 3.27. The Hall–Kier alpha value is -3.15. The van der Waals surface area contributed by atoms with Crippen LogP contribution in [0.3, 0.4) is 0 Å². The topological polar surface area (TPSA) is 70.0 Å². The van der Waals surface area contributed by atoms with Crippen molar-refractivity contribution >= 4 is 17.9 Å². The quantitative estimate of drug-likeness (QED) is 0.628. The predicted molar refractivity (Wildman–Crippen MR) is 82.3 cm³/mol. The Kier molecular flexibility index (Phi) is 3.27.